The van der Waals surface area contributed by atoms with E-state index in [0.717, 1.165) is 6.42 Å². The minimum absolute atomic E-state index is 0.0189. The van der Waals surface area contributed by atoms with Crippen LogP contribution >= 0.6 is 0 Å². The van der Waals surface area contributed by atoms with Crippen LogP contribution < -0.4 is 5.32 Å². The molecule has 2 rings (SSSR count). The number of nitrogens with one attached hydrogen (secondary N) is 1. The number of carboxylic acid groups (broad SMARTS) is 1. The van der Waals surface area contributed by atoms with E-state index in [0.29, 0.717) is 23.7 Å². The van der Waals surface area contributed by atoms with Gasteiger partial charge in [0.15, 0.2) is 5.69 Å². The highest BCUT2D eigenvalue weighted by atomic mass is 16.4. The van der Waals surface area contributed by atoms with E-state index in [4.69, 9.17) is 5.11 Å². The largest absolute Gasteiger partial charge is 0.476 e. The predicted molar refractivity (Wildman–Crippen MR) is 73.2 cm³/mol. The van der Waals surface area contributed by atoms with Crippen LogP contribution in [0.2, 0.25) is 0 Å². The molecule has 2 unspecified atom stereocenters. The van der Waals surface area contributed by atoms with Gasteiger partial charge in [0.25, 0.3) is 0 Å². The highest BCUT2D eigenvalue weighted by Crippen LogP contribution is 2.31. The number of aromatic carboxylic acids is 1. The molecular formula is C14H21N3O2. The third-order valence-electron chi connectivity index (χ3n) is 3.89. The van der Waals surface area contributed by atoms with Gasteiger partial charge in [-0.25, -0.2) is 4.79 Å². The Morgan fingerprint density at radius 1 is 1.32 bits per heavy atom. The lowest BCUT2D eigenvalue weighted by Crippen LogP contribution is -2.35. The summed E-state index contributed by atoms with van der Waals surface area (Å²) in [5.74, 6) is 0.915. The molecule has 19 heavy (non-hydrogen) atoms. The molecule has 1 fully saturated rings. The molecule has 2 N–H and O–H groups in total. The van der Waals surface area contributed by atoms with Crippen molar-refractivity contribution in [3.63, 3.8) is 0 Å². The average Bonchev–Trinajstić information content (AvgIpc) is 2.39. The average molecular weight is 263 g/mol. The lowest BCUT2D eigenvalue weighted by Gasteiger charge is -2.35. The van der Waals surface area contributed by atoms with Crippen LogP contribution in [0.15, 0.2) is 12.1 Å². The predicted octanol–water partition coefficient (Wildman–Crippen LogP) is 2.80. The molecule has 104 valence electrons. The van der Waals surface area contributed by atoms with Crippen molar-refractivity contribution in [3.05, 3.63) is 17.8 Å². The van der Waals surface area contributed by atoms with E-state index < -0.39 is 5.97 Å². The minimum atomic E-state index is -1.04. The zero-order valence-corrected chi connectivity index (χ0v) is 11.5. The number of carbonyl (C=O) groups is 1. The van der Waals surface area contributed by atoms with Crippen LogP contribution in [0.4, 0.5) is 5.82 Å². The molecule has 0 amide bonds. The number of carboxylic acids is 1. The van der Waals surface area contributed by atoms with Gasteiger partial charge in [-0.2, -0.15) is 0 Å². The van der Waals surface area contributed by atoms with Gasteiger partial charge in [0.1, 0.15) is 5.82 Å². The first-order valence-corrected chi connectivity index (χ1v) is 6.91. The van der Waals surface area contributed by atoms with Crippen LogP contribution in [-0.2, 0) is 0 Å². The zero-order chi connectivity index (χ0) is 13.8. The molecule has 5 heteroatoms. The van der Waals surface area contributed by atoms with Gasteiger partial charge in [0, 0.05) is 6.04 Å². The summed E-state index contributed by atoms with van der Waals surface area (Å²) in [5.41, 5.74) is -0.0189. The maximum Gasteiger partial charge on any atom is 0.356 e. The van der Waals surface area contributed by atoms with E-state index >= 15 is 0 Å². The lowest BCUT2D eigenvalue weighted by atomic mass is 9.78. The summed E-state index contributed by atoms with van der Waals surface area (Å²) in [5, 5.41) is 19.8. The molecule has 5 nitrogen and oxygen atoms in total. The van der Waals surface area contributed by atoms with Crippen LogP contribution in [-0.4, -0.2) is 27.3 Å². The Kier molecular flexibility index (Phi) is 4.35. The van der Waals surface area contributed by atoms with Crippen molar-refractivity contribution in [1.29, 1.82) is 0 Å². The van der Waals surface area contributed by atoms with Crippen molar-refractivity contribution in [3.8, 4) is 0 Å². The van der Waals surface area contributed by atoms with E-state index in [2.05, 4.69) is 29.4 Å². The fourth-order valence-corrected chi connectivity index (χ4v) is 2.85. The maximum absolute atomic E-state index is 10.7. The van der Waals surface area contributed by atoms with Gasteiger partial charge in [0.05, 0.1) is 0 Å². The van der Waals surface area contributed by atoms with Crippen molar-refractivity contribution in [1.82, 2.24) is 10.2 Å². The molecule has 0 aromatic carbocycles. The van der Waals surface area contributed by atoms with E-state index in [1.165, 1.54) is 25.3 Å². The van der Waals surface area contributed by atoms with Crippen LogP contribution in [0.3, 0.4) is 0 Å². The van der Waals surface area contributed by atoms with Gasteiger partial charge in [-0.15, -0.1) is 10.2 Å². The number of rotatable bonds is 4. The number of anilines is 1. The monoisotopic (exact) mass is 263 g/mol. The normalized spacial score (nSPS) is 23.3. The van der Waals surface area contributed by atoms with Crippen molar-refractivity contribution in [2.24, 2.45) is 11.8 Å². The Hall–Kier alpha value is -1.65. The van der Waals surface area contributed by atoms with Crippen molar-refractivity contribution in [2.75, 3.05) is 5.32 Å². The summed E-state index contributed by atoms with van der Waals surface area (Å²) in [6.07, 6.45) is 4.92. The zero-order valence-electron chi connectivity index (χ0n) is 11.5. The first-order valence-electron chi connectivity index (χ1n) is 6.91. The Balaban J connectivity index is 2.04. The third kappa shape index (κ3) is 3.43. The summed E-state index contributed by atoms with van der Waals surface area (Å²) >= 11 is 0. The molecule has 1 aromatic rings. The Labute approximate surface area is 113 Å². The topological polar surface area (TPSA) is 75.1 Å². The summed E-state index contributed by atoms with van der Waals surface area (Å²) in [7, 11) is 0. The molecule has 1 heterocycles. The number of nitrogens with zero attached hydrogens (tertiary/aromatic N) is 2. The van der Waals surface area contributed by atoms with Crippen molar-refractivity contribution < 1.29 is 9.90 Å². The van der Waals surface area contributed by atoms with Crippen LogP contribution in [0.1, 0.15) is 50.0 Å². The van der Waals surface area contributed by atoms with E-state index in [9.17, 15) is 4.79 Å². The SMILES string of the molecule is CC(C)C1CCCCC1Nc1ccc(C(=O)O)nn1. The smallest absolute Gasteiger partial charge is 0.356 e. The maximum atomic E-state index is 10.7. The standard InChI is InChI=1S/C14H21N3O2/c1-9(2)10-5-3-4-6-11(10)15-13-8-7-12(14(18)19)16-17-13/h7-11H,3-6H2,1-2H3,(H,15,17)(H,18,19). The molecule has 1 saturated carbocycles. The quantitative estimate of drug-likeness (QED) is 0.873. The third-order valence-corrected chi connectivity index (χ3v) is 3.89. The molecule has 0 aliphatic heterocycles. The highest BCUT2D eigenvalue weighted by molar-refractivity contribution is 5.85. The molecular weight excluding hydrogens is 242 g/mol. The van der Waals surface area contributed by atoms with Crippen LogP contribution in [0.25, 0.3) is 0 Å². The van der Waals surface area contributed by atoms with E-state index in [-0.39, 0.29) is 5.69 Å². The Morgan fingerprint density at radius 3 is 2.63 bits per heavy atom. The van der Waals surface area contributed by atoms with Gasteiger partial charge in [0.2, 0.25) is 0 Å². The molecule has 0 saturated heterocycles. The van der Waals surface area contributed by atoms with Gasteiger partial charge in [-0.3, -0.25) is 0 Å². The second-order valence-corrected chi connectivity index (χ2v) is 5.55. The molecule has 0 radical (unpaired) electrons. The van der Waals surface area contributed by atoms with Gasteiger partial charge in [-0.1, -0.05) is 26.7 Å². The van der Waals surface area contributed by atoms with E-state index in [1.54, 1.807) is 6.07 Å². The first kappa shape index (κ1) is 13.8. The van der Waals surface area contributed by atoms with Crippen molar-refractivity contribution >= 4 is 11.8 Å². The van der Waals surface area contributed by atoms with Gasteiger partial charge in [-0.05, 0) is 36.8 Å². The summed E-state index contributed by atoms with van der Waals surface area (Å²) in [4.78, 5) is 10.7. The molecule has 1 aliphatic carbocycles. The number of aromatic nitrogens is 2. The lowest BCUT2D eigenvalue weighted by molar-refractivity contribution is 0.0689. The Morgan fingerprint density at radius 2 is 2.05 bits per heavy atom. The molecule has 0 spiro atoms. The van der Waals surface area contributed by atoms with Crippen LogP contribution in [0.5, 0.6) is 0 Å². The molecule has 1 aromatic heterocycles. The number of hydrogen-bond acceptors (Lipinski definition) is 4. The van der Waals surface area contributed by atoms with Crippen LogP contribution in [0, 0.1) is 11.8 Å². The molecule has 2 atom stereocenters. The molecule has 0 bridgehead atoms. The number of hydrogen-bond donors (Lipinski definition) is 2. The highest BCUT2D eigenvalue weighted by Gasteiger charge is 2.27. The van der Waals surface area contributed by atoms with Gasteiger partial charge >= 0.3 is 5.97 Å². The minimum Gasteiger partial charge on any atom is -0.476 e. The fraction of sp³-hybridized carbons (Fsp3) is 0.643. The Bertz CT molecular complexity index is 431. The van der Waals surface area contributed by atoms with Gasteiger partial charge < -0.3 is 10.4 Å². The summed E-state index contributed by atoms with van der Waals surface area (Å²) < 4.78 is 0. The second-order valence-electron chi connectivity index (χ2n) is 5.55. The molecule has 1 aliphatic rings. The first-order chi connectivity index (χ1) is 9.08. The second kappa shape index (κ2) is 5.99. The van der Waals surface area contributed by atoms with Crippen molar-refractivity contribution in [2.45, 2.75) is 45.6 Å². The summed E-state index contributed by atoms with van der Waals surface area (Å²) in [6, 6.07) is 3.60. The van der Waals surface area contributed by atoms with E-state index in [1.807, 2.05) is 0 Å². The summed E-state index contributed by atoms with van der Waals surface area (Å²) in [6.45, 7) is 4.51. The fourth-order valence-electron chi connectivity index (χ4n) is 2.85.